The number of anilines is 1. The highest BCUT2D eigenvalue weighted by Crippen LogP contribution is 2.24. The molecule has 0 unspecified atom stereocenters. The van der Waals surface area contributed by atoms with Crippen LogP contribution < -0.4 is 10.9 Å². The van der Waals surface area contributed by atoms with Gasteiger partial charge in [-0.3, -0.25) is 4.79 Å². The first-order valence-electron chi connectivity index (χ1n) is 7.00. The van der Waals surface area contributed by atoms with Crippen molar-refractivity contribution in [2.24, 2.45) is 0 Å². The van der Waals surface area contributed by atoms with Crippen LogP contribution in [0.25, 0.3) is 0 Å². The van der Waals surface area contributed by atoms with Gasteiger partial charge in [0.15, 0.2) is 0 Å². The number of nitrogens with zero attached hydrogens (tertiary/aromatic N) is 2. The number of aromatic nitrogens is 2. The van der Waals surface area contributed by atoms with Crippen LogP contribution >= 0.6 is 11.6 Å². The zero-order valence-electron chi connectivity index (χ0n) is 12.6. The minimum absolute atomic E-state index is 0.0792. The van der Waals surface area contributed by atoms with Crippen LogP contribution in [0.4, 0.5) is 5.69 Å². The number of halogens is 1. The summed E-state index contributed by atoms with van der Waals surface area (Å²) in [5, 5.41) is 7.51. The molecule has 0 fully saturated rings. The van der Waals surface area contributed by atoms with Crippen molar-refractivity contribution in [2.45, 2.75) is 32.7 Å². The molecule has 112 valence electrons. The maximum absolute atomic E-state index is 11.9. The average Bonchev–Trinajstić information content (AvgIpc) is 2.50. The number of nitrogens with one attached hydrogen (secondary N) is 1. The summed E-state index contributed by atoms with van der Waals surface area (Å²) in [5.41, 5.74) is 1.46. The first kappa shape index (κ1) is 15.6. The van der Waals surface area contributed by atoms with Gasteiger partial charge < -0.3 is 5.32 Å². The zero-order valence-corrected chi connectivity index (χ0v) is 13.3. The molecule has 0 aliphatic carbocycles. The Morgan fingerprint density at radius 3 is 2.57 bits per heavy atom. The third-order valence-corrected chi connectivity index (χ3v) is 3.93. The maximum atomic E-state index is 11.9. The van der Waals surface area contributed by atoms with Crippen molar-refractivity contribution in [1.29, 1.82) is 0 Å². The van der Waals surface area contributed by atoms with E-state index in [1.807, 2.05) is 25.1 Å². The topological polar surface area (TPSA) is 46.9 Å². The van der Waals surface area contributed by atoms with Crippen LogP contribution in [0.2, 0.25) is 5.02 Å². The summed E-state index contributed by atoms with van der Waals surface area (Å²) in [5.74, 6) is 0. The largest absolute Gasteiger partial charge is 0.381 e. The summed E-state index contributed by atoms with van der Waals surface area (Å²) in [6, 6.07) is 10.2. The van der Waals surface area contributed by atoms with Gasteiger partial charge in [0.1, 0.15) is 5.02 Å². The van der Waals surface area contributed by atoms with Crippen molar-refractivity contribution in [2.75, 3.05) is 11.9 Å². The van der Waals surface area contributed by atoms with Gasteiger partial charge in [-0.05, 0) is 12.5 Å². The fraction of sp³-hybridized carbons (Fsp3) is 0.375. The summed E-state index contributed by atoms with van der Waals surface area (Å²) in [4.78, 5) is 11.9. The van der Waals surface area contributed by atoms with E-state index >= 15 is 0 Å². The summed E-state index contributed by atoms with van der Waals surface area (Å²) in [7, 11) is 0. The van der Waals surface area contributed by atoms with Gasteiger partial charge in [-0.15, -0.1) is 0 Å². The molecule has 0 radical (unpaired) electrons. The monoisotopic (exact) mass is 305 g/mol. The Morgan fingerprint density at radius 2 is 1.95 bits per heavy atom. The summed E-state index contributed by atoms with van der Waals surface area (Å²) in [6.45, 7) is 7.31. The van der Waals surface area contributed by atoms with Gasteiger partial charge in [0.2, 0.25) is 0 Å². The van der Waals surface area contributed by atoms with E-state index < -0.39 is 0 Å². The highest BCUT2D eigenvalue weighted by atomic mass is 35.5. The van der Waals surface area contributed by atoms with E-state index in [-0.39, 0.29) is 16.0 Å². The van der Waals surface area contributed by atoms with Gasteiger partial charge in [-0.2, -0.15) is 5.10 Å². The first-order valence-corrected chi connectivity index (χ1v) is 7.38. The minimum atomic E-state index is -0.262. The molecule has 0 saturated heterocycles. The van der Waals surface area contributed by atoms with Crippen LogP contribution in [0.5, 0.6) is 0 Å². The third kappa shape index (κ3) is 3.45. The molecular weight excluding hydrogens is 286 g/mol. The van der Waals surface area contributed by atoms with Crippen LogP contribution in [0.1, 0.15) is 26.3 Å². The molecule has 0 aliphatic heterocycles. The van der Waals surface area contributed by atoms with E-state index in [0.29, 0.717) is 18.8 Å². The second kappa shape index (κ2) is 6.31. The maximum Gasteiger partial charge on any atom is 0.287 e. The Morgan fingerprint density at radius 1 is 1.29 bits per heavy atom. The molecule has 21 heavy (non-hydrogen) atoms. The summed E-state index contributed by atoms with van der Waals surface area (Å²) in [6.07, 6.45) is 1.61. The van der Waals surface area contributed by atoms with Gasteiger partial charge >= 0.3 is 0 Å². The van der Waals surface area contributed by atoms with E-state index in [2.05, 4.69) is 36.4 Å². The number of benzene rings is 1. The van der Waals surface area contributed by atoms with Gasteiger partial charge in [0.05, 0.1) is 11.9 Å². The Balaban J connectivity index is 2.17. The molecule has 0 spiro atoms. The van der Waals surface area contributed by atoms with Crippen LogP contribution in [0.15, 0.2) is 41.3 Å². The summed E-state index contributed by atoms with van der Waals surface area (Å²) < 4.78 is 1.34. The average molecular weight is 306 g/mol. The SMILES string of the molecule is CCn1ncc(NCC(C)(C)c2ccccc2)c(Cl)c1=O. The van der Waals surface area contributed by atoms with Crippen molar-refractivity contribution in [3.8, 4) is 0 Å². The van der Waals surface area contributed by atoms with Crippen molar-refractivity contribution < 1.29 is 0 Å². The lowest BCUT2D eigenvalue weighted by atomic mass is 9.84. The number of rotatable bonds is 5. The van der Waals surface area contributed by atoms with E-state index in [4.69, 9.17) is 11.6 Å². The second-order valence-corrected chi connectivity index (χ2v) is 5.97. The lowest BCUT2D eigenvalue weighted by molar-refractivity contribution is 0.555. The van der Waals surface area contributed by atoms with Crippen molar-refractivity contribution >= 4 is 17.3 Å². The van der Waals surface area contributed by atoms with Gasteiger partial charge in [0.25, 0.3) is 5.56 Å². The summed E-state index contributed by atoms with van der Waals surface area (Å²) >= 11 is 6.12. The molecular formula is C16H20ClN3O. The molecule has 1 aromatic carbocycles. The molecule has 1 N–H and O–H groups in total. The second-order valence-electron chi connectivity index (χ2n) is 5.60. The van der Waals surface area contributed by atoms with Crippen LogP contribution in [0.3, 0.4) is 0 Å². The molecule has 0 bridgehead atoms. The quantitative estimate of drug-likeness (QED) is 0.922. The first-order chi connectivity index (χ1) is 9.95. The predicted molar refractivity (Wildman–Crippen MR) is 87.1 cm³/mol. The van der Waals surface area contributed by atoms with E-state index in [0.717, 1.165) is 0 Å². The number of hydrogen-bond acceptors (Lipinski definition) is 3. The van der Waals surface area contributed by atoms with Gasteiger partial charge in [0, 0.05) is 18.5 Å². The van der Waals surface area contributed by atoms with E-state index in [9.17, 15) is 4.79 Å². The smallest absolute Gasteiger partial charge is 0.287 e. The van der Waals surface area contributed by atoms with Crippen molar-refractivity contribution in [3.63, 3.8) is 0 Å². The highest BCUT2D eigenvalue weighted by Gasteiger charge is 2.21. The Bertz CT molecular complexity index is 665. The number of aryl methyl sites for hydroxylation is 1. The fourth-order valence-corrected chi connectivity index (χ4v) is 2.33. The lowest BCUT2D eigenvalue weighted by Gasteiger charge is -2.26. The predicted octanol–water partition coefficient (Wildman–Crippen LogP) is 3.31. The lowest BCUT2D eigenvalue weighted by Crippen LogP contribution is -2.29. The Kier molecular flexibility index (Phi) is 4.68. The molecule has 4 nitrogen and oxygen atoms in total. The molecule has 0 amide bonds. The Hall–Kier alpha value is -1.81. The van der Waals surface area contributed by atoms with E-state index in [1.54, 1.807) is 6.20 Å². The Labute approximate surface area is 129 Å². The molecule has 5 heteroatoms. The molecule has 0 saturated carbocycles. The third-order valence-electron chi connectivity index (χ3n) is 3.56. The van der Waals surface area contributed by atoms with Gasteiger partial charge in [-0.1, -0.05) is 55.8 Å². The molecule has 0 aliphatic rings. The molecule has 2 aromatic rings. The van der Waals surface area contributed by atoms with Gasteiger partial charge in [-0.25, -0.2) is 4.68 Å². The molecule has 0 atom stereocenters. The zero-order chi connectivity index (χ0) is 15.5. The van der Waals surface area contributed by atoms with E-state index in [1.165, 1.54) is 10.2 Å². The highest BCUT2D eigenvalue weighted by molar-refractivity contribution is 6.32. The van der Waals surface area contributed by atoms with Crippen molar-refractivity contribution in [1.82, 2.24) is 9.78 Å². The van der Waals surface area contributed by atoms with Crippen LogP contribution in [0, 0.1) is 0 Å². The fourth-order valence-electron chi connectivity index (χ4n) is 2.12. The molecule has 2 rings (SSSR count). The van der Waals surface area contributed by atoms with Crippen LogP contribution in [-0.4, -0.2) is 16.3 Å². The standard InChI is InChI=1S/C16H20ClN3O/c1-4-20-15(21)14(17)13(10-19-20)18-11-16(2,3)12-8-6-5-7-9-12/h5-10,18H,4,11H2,1-3H3. The molecule has 1 heterocycles. The number of hydrogen-bond donors (Lipinski definition) is 1. The minimum Gasteiger partial charge on any atom is -0.381 e. The normalized spacial score (nSPS) is 11.4. The molecule has 1 aromatic heterocycles. The van der Waals surface area contributed by atoms with Crippen LogP contribution in [-0.2, 0) is 12.0 Å². The van der Waals surface area contributed by atoms with Crippen molar-refractivity contribution in [3.05, 3.63) is 57.5 Å².